The van der Waals surface area contributed by atoms with Gasteiger partial charge in [-0.1, -0.05) is 29.8 Å². The second-order valence-corrected chi connectivity index (χ2v) is 7.07. The number of rotatable bonds is 5. The Morgan fingerprint density at radius 2 is 1.65 bits per heavy atom. The molecule has 6 heteroatoms. The number of hydrogen-bond donors (Lipinski definition) is 2. The lowest BCUT2D eigenvalue weighted by molar-refractivity contribution is 0.0957. The molecule has 0 bridgehead atoms. The predicted molar refractivity (Wildman–Crippen MR) is 121 cm³/mol. The topological polar surface area (TPSA) is 80.3 Å². The number of carbonyl (C=O) groups is 2. The van der Waals surface area contributed by atoms with Crippen LogP contribution in [-0.2, 0) is 0 Å². The largest absolute Gasteiger partial charge is 0.457 e. The lowest BCUT2D eigenvalue weighted by Crippen LogP contribution is -2.18. The molecule has 0 aliphatic carbocycles. The Kier molecular flexibility index (Phi) is 5.62. The van der Waals surface area contributed by atoms with Gasteiger partial charge in [0.15, 0.2) is 0 Å². The van der Waals surface area contributed by atoms with Gasteiger partial charge in [0.25, 0.3) is 11.8 Å². The predicted octanol–water partition coefficient (Wildman–Crippen LogP) is 4.95. The van der Waals surface area contributed by atoms with Crippen molar-refractivity contribution in [1.82, 2.24) is 10.3 Å². The third-order valence-corrected chi connectivity index (χ3v) is 4.84. The van der Waals surface area contributed by atoms with E-state index in [2.05, 4.69) is 15.6 Å². The fourth-order valence-electron chi connectivity index (χ4n) is 3.20. The zero-order valence-electron chi connectivity index (χ0n) is 17.2. The van der Waals surface area contributed by atoms with E-state index >= 15 is 0 Å². The lowest BCUT2D eigenvalue weighted by atomic mass is 10.1. The average Bonchev–Trinajstić information content (AvgIpc) is 2.79. The minimum atomic E-state index is -0.280. The number of pyridine rings is 1. The molecule has 0 aliphatic heterocycles. The molecule has 0 fully saturated rings. The van der Waals surface area contributed by atoms with E-state index in [-0.39, 0.29) is 17.5 Å². The zero-order chi connectivity index (χ0) is 21.8. The molecule has 0 atom stereocenters. The number of amides is 2. The Bertz CT molecular complexity index is 1270. The number of benzene rings is 3. The number of ether oxygens (including phenoxy) is 1. The smallest absolute Gasteiger partial charge is 0.269 e. The summed E-state index contributed by atoms with van der Waals surface area (Å²) in [5.41, 5.74) is 2.71. The first-order valence-electron chi connectivity index (χ1n) is 9.80. The number of aromatic nitrogens is 1. The average molecular weight is 411 g/mol. The van der Waals surface area contributed by atoms with Gasteiger partial charge in [0.1, 0.15) is 17.2 Å². The monoisotopic (exact) mass is 411 g/mol. The molecule has 0 unspecified atom stereocenters. The van der Waals surface area contributed by atoms with Crippen molar-refractivity contribution in [3.8, 4) is 11.5 Å². The highest BCUT2D eigenvalue weighted by Gasteiger charge is 2.10. The van der Waals surface area contributed by atoms with E-state index in [9.17, 15) is 9.59 Å². The van der Waals surface area contributed by atoms with Gasteiger partial charge in [-0.25, -0.2) is 0 Å². The number of aryl methyl sites for hydroxylation is 1. The summed E-state index contributed by atoms with van der Waals surface area (Å²) in [6.07, 6.45) is 1.53. The Morgan fingerprint density at radius 1 is 0.871 bits per heavy atom. The van der Waals surface area contributed by atoms with Gasteiger partial charge >= 0.3 is 0 Å². The summed E-state index contributed by atoms with van der Waals surface area (Å²) < 4.78 is 5.92. The summed E-state index contributed by atoms with van der Waals surface area (Å²) in [5, 5.41) is 7.34. The van der Waals surface area contributed by atoms with Crippen LogP contribution in [0, 0.1) is 6.92 Å². The van der Waals surface area contributed by atoms with Crippen molar-refractivity contribution in [2.75, 3.05) is 12.4 Å². The molecule has 4 rings (SSSR count). The standard InChI is InChI=1S/C25H21N3O3/c1-16-6-8-17(9-7-16)24(29)28-22-5-3-4-18-14-19(10-11-21(18)22)31-20-12-13-27-23(15-20)25(30)26-2/h3-15H,1-2H3,(H,26,30)(H,28,29). The molecule has 2 amide bonds. The van der Waals surface area contributed by atoms with E-state index in [0.717, 1.165) is 22.0 Å². The maximum absolute atomic E-state index is 12.6. The molecule has 6 nitrogen and oxygen atoms in total. The number of anilines is 1. The fraction of sp³-hybridized carbons (Fsp3) is 0.0800. The minimum absolute atomic E-state index is 0.161. The molecule has 154 valence electrons. The van der Waals surface area contributed by atoms with Gasteiger partial charge in [0, 0.05) is 35.9 Å². The highest BCUT2D eigenvalue weighted by atomic mass is 16.5. The number of fused-ring (bicyclic) bond motifs is 1. The van der Waals surface area contributed by atoms with Crippen molar-refractivity contribution >= 4 is 28.3 Å². The van der Waals surface area contributed by atoms with Crippen molar-refractivity contribution in [3.63, 3.8) is 0 Å². The number of carbonyl (C=O) groups excluding carboxylic acids is 2. The Hall–Kier alpha value is -4.19. The summed E-state index contributed by atoms with van der Waals surface area (Å²) in [4.78, 5) is 28.4. The maximum Gasteiger partial charge on any atom is 0.269 e. The normalized spacial score (nSPS) is 10.5. The molecule has 0 saturated carbocycles. The first-order valence-corrected chi connectivity index (χ1v) is 9.80. The van der Waals surface area contributed by atoms with Crippen molar-refractivity contribution < 1.29 is 14.3 Å². The molecule has 0 radical (unpaired) electrons. The summed E-state index contributed by atoms with van der Waals surface area (Å²) in [6.45, 7) is 1.98. The summed E-state index contributed by atoms with van der Waals surface area (Å²) in [7, 11) is 1.55. The van der Waals surface area contributed by atoms with Crippen LogP contribution in [0.2, 0.25) is 0 Å². The molecule has 4 aromatic rings. The highest BCUT2D eigenvalue weighted by molar-refractivity contribution is 6.09. The summed E-state index contributed by atoms with van der Waals surface area (Å²) in [6, 6.07) is 22.0. The van der Waals surface area contributed by atoms with Crippen LogP contribution in [0.1, 0.15) is 26.4 Å². The molecule has 0 saturated heterocycles. The highest BCUT2D eigenvalue weighted by Crippen LogP contribution is 2.30. The second kappa shape index (κ2) is 8.67. The second-order valence-electron chi connectivity index (χ2n) is 7.07. The number of nitrogens with zero attached hydrogens (tertiary/aromatic N) is 1. The number of hydrogen-bond acceptors (Lipinski definition) is 4. The van der Waals surface area contributed by atoms with Gasteiger partial charge in [-0.05, 0) is 54.8 Å². The molecule has 1 aromatic heterocycles. The van der Waals surface area contributed by atoms with Crippen LogP contribution < -0.4 is 15.4 Å². The summed E-state index contributed by atoms with van der Waals surface area (Å²) >= 11 is 0. The van der Waals surface area contributed by atoms with E-state index < -0.39 is 0 Å². The van der Waals surface area contributed by atoms with Gasteiger partial charge < -0.3 is 15.4 Å². The quantitative estimate of drug-likeness (QED) is 0.487. The van der Waals surface area contributed by atoms with E-state index in [4.69, 9.17) is 4.74 Å². The molecular formula is C25H21N3O3. The van der Waals surface area contributed by atoms with Crippen molar-refractivity contribution in [2.24, 2.45) is 0 Å². The molecular weight excluding hydrogens is 390 g/mol. The molecule has 3 aromatic carbocycles. The fourth-order valence-corrected chi connectivity index (χ4v) is 3.20. The van der Waals surface area contributed by atoms with Gasteiger partial charge in [-0.3, -0.25) is 14.6 Å². The van der Waals surface area contributed by atoms with Crippen LogP contribution in [0.5, 0.6) is 11.5 Å². The van der Waals surface area contributed by atoms with Crippen molar-refractivity contribution in [3.05, 3.63) is 95.8 Å². The van der Waals surface area contributed by atoms with Crippen molar-refractivity contribution in [2.45, 2.75) is 6.92 Å². The Labute approximate surface area is 179 Å². The van der Waals surface area contributed by atoms with E-state index in [0.29, 0.717) is 17.1 Å². The maximum atomic E-state index is 12.6. The first kappa shape index (κ1) is 20.1. The van der Waals surface area contributed by atoms with Crippen molar-refractivity contribution in [1.29, 1.82) is 0 Å². The summed E-state index contributed by atoms with van der Waals surface area (Å²) in [5.74, 6) is 0.685. The van der Waals surface area contributed by atoms with Crippen LogP contribution in [0.3, 0.4) is 0 Å². The molecule has 1 heterocycles. The first-order chi connectivity index (χ1) is 15.0. The van der Waals surface area contributed by atoms with Crippen LogP contribution >= 0.6 is 0 Å². The van der Waals surface area contributed by atoms with Gasteiger partial charge in [0.05, 0.1) is 0 Å². The van der Waals surface area contributed by atoms with Crippen LogP contribution in [0.15, 0.2) is 79.0 Å². The Morgan fingerprint density at radius 3 is 2.42 bits per heavy atom. The van der Waals surface area contributed by atoms with E-state index in [1.165, 1.54) is 6.20 Å². The molecule has 0 aliphatic rings. The third kappa shape index (κ3) is 4.53. The van der Waals surface area contributed by atoms with Gasteiger partial charge in [-0.2, -0.15) is 0 Å². The minimum Gasteiger partial charge on any atom is -0.457 e. The zero-order valence-corrected chi connectivity index (χ0v) is 17.2. The van der Waals surface area contributed by atoms with Crippen LogP contribution in [0.25, 0.3) is 10.8 Å². The molecule has 0 spiro atoms. The van der Waals surface area contributed by atoms with E-state index in [1.54, 1.807) is 19.2 Å². The number of nitrogens with one attached hydrogen (secondary N) is 2. The van der Waals surface area contributed by atoms with Crippen LogP contribution in [0.4, 0.5) is 5.69 Å². The van der Waals surface area contributed by atoms with Gasteiger partial charge in [-0.15, -0.1) is 0 Å². The van der Waals surface area contributed by atoms with E-state index in [1.807, 2.05) is 67.6 Å². The SMILES string of the molecule is CNC(=O)c1cc(Oc2ccc3c(NC(=O)c4ccc(C)cc4)cccc3c2)ccn1. The molecule has 31 heavy (non-hydrogen) atoms. The molecule has 2 N–H and O–H groups in total. The Balaban J connectivity index is 1.57. The van der Waals surface area contributed by atoms with Crippen LogP contribution in [-0.4, -0.2) is 23.8 Å². The lowest BCUT2D eigenvalue weighted by Gasteiger charge is -2.11. The van der Waals surface area contributed by atoms with Gasteiger partial charge in [0.2, 0.25) is 0 Å². The third-order valence-electron chi connectivity index (χ3n) is 4.84.